The molecule has 8 heteroatoms. The van der Waals surface area contributed by atoms with Crippen LogP contribution in [0.1, 0.15) is 0 Å². The van der Waals surface area contributed by atoms with E-state index >= 15 is 0 Å². The first-order valence-electron chi connectivity index (χ1n) is 39.1. The van der Waals surface area contributed by atoms with Crippen LogP contribution in [-0.4, -0.2) is 39.9 Å². The van der Waals surface area contributed by atoms with Gasteiger partial charge in [0.05, 0.1) is 61.6 Å². The van der Waals surface area contributed by atoms with Crippen molar-refractivity contribution >= 4 is 87.0 Å². The topological polar surface area (TPSA) is 103 Å². The van der Waals surface area contributed by atoms with Crippen LogP contribution in [0, 0.1) is 0 Å². The first kappa shape index (κ1) is 68.4. The summed E-state index contributed by atoms with van der Waals surface area (Å²) in [4.78, 5) is 41.3. The Labute approximate surface area is 669 Å². The van der Waals surface area contributed by atoms with E-state index in [-0.39, 0.29) is 0 Å². The Morgan fingerprint density at radius 1 is 0.155 bits per heavy atom. The molecule has 0 atom stereocenters. The lowest BCUT2D eigenvalue weighted by molar-refractivity contribution is 1.18. The van der Waals surface area contributed by atoms with Crippen LogP contribution in [0.5, 0.6) is 0 Å². The largest absolute Gasteiger partial charge is 0.254 e. The minimum Gasteiger partial charge on any atom is -0.254 e. The number of hydrogen-bond acceptors (Lipinski definition) is 8. The van der Waals surface area contributed by atoms with Gasteiger partial charge >= 0.3 is 0 Å². The maximum Gasteiger partial charge on any atom is 0.161 e. The van der Waals surface area contributed by atoms with Crippen LogP contribution in [0.4, 0.5) is 0 Å². The lowest BCUT2D eigenvalue weighted by Gasteiger charge is -2.17. The van der Waals surface area contributed by atoms with Crippen molar-refractivity contribution in [1.29, 1.82) is 0 Å². The molecular formula is C108H68N8. The molecule has 540 valence electrons. The zero-order valence-electron chi connectivity index (χ0n) is 62.8. The maximum atomic E-state index is 5.26. The van der Waals surface area contributed by atoms with E-state index in [1.807, 2.05) is 42.6 Å². The quantitative estimate of drug-likeness (QED) is 0.0880. The average Bonchev–Trinajstić information content (AvgIpc) is 0.731. The van der Waals surface area contributed by atoms with Crippen LogP contribution < -0.4 is 0 Å². The summed E-state index contributed by atoms with van der Waals surface area (Å²) >= 11 is 0. The molecule has 0 saturated heterocycles. The second-order valence-corrected chi connectivity index (χ2v) is 29.2. The number of pyridine rings is 4. The SMILES string of the molecule is c1ccc(-c2ccc(-c3cc(-c4ccc(-c5ccccc5)cc4)nc(-c4ccc5cc(-c6c7ccccc7nc7c6ccc6ccc(-c8ccccc8)nc67)ccc5c4)n3)cc2)cc1.c1ccc(-c2ccc(-c3cc(-c4ccccc4)nc(-c4ccc(-c5c6ccccc6nc6c5ccc5cccnc56)c5ccccc45)n3)cc2)cc1. The highest BCUT2D eigenvalue weighted by atomic mass is 14.9. The maximum absolute atomic E-state index is 5.26. The van der Waals surface area contributed by atoms with Crippen molar-refractivity contribution in [3.63, 3.8) is 0 Å². The lowest BCUT2D eigenvalue weighted by Crippen LogP contribution is -1.97. The molecule has 22 aromatic rings. The molecule has 0 unspecified atom stereocenters. The van der Waals surface area contributed by atoms with Gasteiger partial charge in [-0.15, -0.1) is 0 Å². The molecule has 0 radical (unpaired) electrons. The van der Waals surface area contributed by atoms with Gasteiger partial charge in [-0.2, -0.15) is 0 Å². The molecule has 16 aromatic carbocycles. The van der Waals surface area contributed by atoms with Gasteiger partial charge in [0.1, 0.15) is 0 Å². The monoisotopic (exact) mass is 1480 g/mol. The van der Waals surface area contributed by atoms with E-state index < -0.39 is 0 Å². The third-order valence-electron chi connectivity index (χ3n) is 22.2. The minimum atomic E-state index is 0.679. The Balaban J connectivity index is 0.000000148. The summed E-state index contributed by atoms with van der Waals surface area (Å²) in [6.45, 7) is 0. The molecule has 0 aliphatic carbocycles. The molecule has 116 heavy (non-hydrogen) atoms. The van der Waals surface area contributed by atoms with Gasteiger partial charge in [-0.1, -0.05) is 352 Å². The Kier molecular flexibility index (Phi) is 17.4. The van der Waals surface area contributed by atoms with E-state index in [2.05, 4.69) is 370 Å². The summed E-state index contributed by atoms with van der Waals surface area (Å²) in [6, 6.07) is 142. The molecule has 0 saturated carbocycles. The summed E-state index contributed by atoms with van der Waals surface area (Å²) in [5, 5.41) is 11.0. The Hall–Kier alpha value is -15.6. The molecule has 6 heterocycles. The summed E-state index contributed by atoms with van der Waals surface area (Å²) in [7, 11) is 0. The van der Waals surface area contributed by atoms with E-state index in [4.69, 9.17) is 39.9 Å². The third kappa shape index (κ3) is 12.9. The third-order valence-corrected chi connectivity index (χ3v) is 22.2. The molecule has 0 N–H and O–H groups in total. The number of para-hydroxylation sites is 2. The standard InChI is InChI=1S/C60H38N4.C48H30N4/c1-4-12-39(13-5-1)41-20-24-44(25-21-41)55-38-56(45-26-22-42(23-27-45)40-14-6-2-7-15-40)64-60(63-55)50-31-29-47-36-49(30-28-48(47)37-50)57-51-18-10-11-19-54(51)62-59-52(57)34-32-46-33-35-53(61-58(46)59)43-16-8-3-9-17-43;1-3-12-31(13-4-1)32-21-23-34(24-22-32)44-30-43(33-14-5-2-6-15-33)51-48(52-44)39-28-27-38(36-17-7-8-18-37(36)39)45-40-19-9-10-20-42(40)50-47-41(45)26-25-35-16-11-29-49-46(35)47/h1-38H;1-30H. The highest BCUT2D eigenvalue weighted by Gasteiger charge is 2.22. The van der Waals surface area contributed by atoms with Gasteiger partial charge in [-0.05, 0) is 121 Å². The molecule has 22 rings (SSSR count). The zero-order valence-corrected chi connectivity index (χ0v) is 62.8. The number of aromatic nitrogens is 8. The summed E-state index contributed by atoms with van der Waals surface area (Å²) < 4.78 is 0. The van der Waals surface area contributed by atoms with Gasteiger partial charge in [0.2, 0.25) is 0 Å². The van der Waals surface area contributed by atoms with Gasteiger partial charge in [-0.25, -0.2) is 34.9 Å². The van der Waals surface area contributed by atoms with Gasteiger partial charge < -0.3 is 0 Å². The van der Waals surface area contributed by atoms with Crippen LogP contribution in [0.25, 0.3) is 222 Å². The second-order valence-electron chi connectivity index (χ2n) is 29.2. The molecule has 0 aliphatic heterocycles. The molecule has 0 spiro atoms. The summed E-state index contributed by atoms with van der Waals surface area (Å²) in [5.41, 5.74) is 28.7. The Morgan fingerprint density at radius 2 is 0.500 bits per heavy atom. The second kappa shape index (κ2) is 29.6. The molecule has 0 aliphatic rings. The molecule has 0 amide bonds. The Bertz CT molecular complexity index is 7420. The molecule has 0 fully saturated rings. The van der Waals surface area contributed by atoms with Crippen LogP contribution >= 0.6 is 0 Å². The van der Waals surface area contributed by atoms with Crippen molar-refractivity contribution in [2.45, 2.75) is 0 Å². The average molecular weight is 1480 g/mol. The predicted octanol–water partition coefficient (Wildman–Crippen LogP) is 27.8. The van der Waals surface area contributed by atoms with Crippen molar-refractivity contribution in [1.82, 2.24) is 39.9 Å². The first-order valence-corrected chi connectivity index (χ1v) is 39.1. The van der Waals surface area contributed by atoms with Crippen LogP contribution in [0.15, 0.2) is 413 Å². The van der Waals surface area contributed by atoms with E-state index in [1.165, 1.54) is 33.4 Å². The fourth-order valence-corrected chi connectivity index (χ4v) is 16.4. The molecule has 6 aromatic heterocycles. The number of benzene rings is 16. The van der Waals surface area contributed by atoms with Crippen molar-refractivity contribution < 1.29 is 0 Å². The number of rotatable bonds is 12. The lowest BCUT2D eigenvalue weighted by atomic mass is 9.90. The fourth-order valence-electron chi connectivity index (χ4n) is 16.4. The van der Waals surface area contributed by atoms with E-state index in [1.54, 1.807) is 0 Å². The van der Waals surface area contributed by atoms with Crippen molar-refractivity contribution in [2.75, 3.05) is 0 Å². The predicted molar refractivity (Wildman–Crippen MR) is 481 cm³/mol. The van der Waals surface area contributed by atoms with Crippen molar-refractivity contribution in [2.24, 2.45) is 0 Å². The van der Waals surface area contributed by atoms with Crippen LogP contribution in [0.3, 0.4) is 0 Å². The number of nitrogens with zero attached hydrogens (tertiary/aromatic N) is 8. The molecule has 8 nitrogen and oxygen atoms in total. The minimum absolute atomic E-state index is 0.679. The normalized spacial score (nSPS) is 11.4. The van der Waals surface area contributed by atoms with Crippen molar-refractivity contribution in [3.8, 4) is 135 Å². The molecule has 0 bridgehead atoms. The smallest absolute Gasteiger partial charge is 0.161 e. The van der Waals surface area contributed by atoms with E-state index in [0.29, 0.717) is 11.6 Å². The highest BCUT2D eigenvalue weighted by Crippen LogP contribution is 2.45. The first-order chi connectivity index (χ1) is 57.5. The number of fused-ring (bicyclic) bond motifs is 10. The summed E-state index contributed by atoms with van der Waals surface area (Å²) in [5.74, 6) is 1.36. The van der Waals surface area contributed by atoms with E-state index in [0.717, 1.165) is 177 Å². The van der Waals surface area contributed by atoms with Gasteiger partial charge in [0.15, 0.2) is 11.6 Å². The van der Waals surface area contributed by atoms with Gasteiger partial charge in [-0.3, -0.25) is 4.98 Å². The van der Waals surface area contributed by atoms with Crippen LogP contribution in [0.2, 0.25) is 0 Å². The van der Waals surface area contributed by atoms with Gasteiger partial charge in [0.25, 0.3) is 0 Å². The molecular weight excluding hydrogens is 1410 g/mol. The van der Waals surface area contributed by atoms with Gasteiger partial charge in [0, 0.05) is 88.6 Å². The van der Waals surface area contributed by atoms with E-state index in [9.17, 15) is 0 Å². The summed E-state index contributed by atoms with van der Waals surface area (Å²) in [6.07, 6.45) is 1.85. The van der Waals surface area contributed by atoms with Crippen LogP contribution in [-0.2, 0) is 0 Å². The van der Waals surface area contributed by atoms with Crippen molar-refractivity contribution in [3.05, 3.63) is 413 Å². The zero-order chi connectivity index (χ0) is 76.8. The highest BCUT2D eigenvalue weighted by molar-refractivity contribution is 6.21. The number of hydrogen-bond donors (Lipinski definition) is 0. The Morgan fingerprint density at radius 3 is 1.02 bits per heavy atom. The fraction of sp³-hybridized carbons (Fsp3) is 0.